The van der Waals surface area contributed by atoms with Crippen molar-refractivity contribution >= 4 is 11.9 Å². The van der Waals surface area contributed by atoms with Crippen molar-refractivity contribution in [1.82, 2.24) is 4.90 Å². The van der Waals surface area contributed by atoms with Gasteiger partial charge in [0.1, 0.15) is 0 Å². The number of furan rings is 1. The zero-order valence-electron chi connectivity index (χ0n) is 11.4. The summed E-state index contributed by atoms with van der Waals surface area (Å²) < 4.78 is 5.21. The van der Waals surface area contributed by atoms with Crippen LogP contribution in [0.3, 0.4) is 0 Å². The van der Waals surface area contributed by atoms with E-state index in [1.54, 1.807) is 6.07 Å². The van der Waals surface area contributed by atoms with E-state index in [4.69, 9.17) is 9.52 Å². The Balaban J connectivity index is 2.65. The van der Waals surface area contributed by atoms with E-state index in [1.165, 1.54) is 6.07 Å². The molecule has 1 rings (SSSR count). The first kappa shape index (κ1) is 14.6. The number of aromatic carboxylic acids is 1. The van der Waals surface area contributed by atoms with E-state index >= 15 is 0 Å². The molecular formula is C13H22N2O3. The molecule has 1 heterocycles. The first-order valence-electron chi connectivity index (χ1n) is 6.13. The smallest absolute Gasteiger partial charge is 0.371 e. The van der Waals surface area contributed by atoms with Gasteiger partial charge in [0.15, 0.2) is 5.88 Å². The van der Waals surface area contributed by atoms with Crippen molar-refractivity contribution in [2.45, 2.75) is 26.3 Å². The van der Waals surface area contributed by atoms with Gasteiger partial charge in [-0.3, -0.25) is 0 Å². The molecule has 0 aliphatic carbocycles. The number of carboxylic acids is 1. The number of likely N-dealkylation sites (N-methyl/N-ethyl adjacent to an activating group) is 1. The largest absolute Gasteiger partial charge is 0.475 e. The molecule has 1 aromatic rings. The molecule has 1 unspecified atom stereocenters. The summed E-state index contributed by atoms with van der Waals surface area (Å²) in [7, 11) is 4.03. The maximum absolute atomic E-state index is 10.7. The number of hydrogen-bond acceptors (Lipinski definition) is 4. The molecular weight excluding hydrogens is 232 g/mol. The Morgan fingerprint density at radius 1 is 1.44 bits per heavy atom. The summed E-state index contributed by atoms with van der Waals surface area (Å²) in [6, 6.07) is 3.37. The second kappa shape index (κ2) is 6.44. The lowest BCUT2D eigenvalue weighted by Crippen LogP contribution is -2.33. The molecule has 0 radical (unpaired) electrons. The quantitative estimate of drug-likeness (QED) is 0.782. The third-order valence-electron chi connectivity index (χ3n) is 2.50. The van der Waals surface area contributed by atoms with Crippen LogP contribution in [0.15, 0.2) is 16.5 Å². The zero-order valence-corrected chi connectivity index (χ0v) is 11.4. The fourth-order valence-corrected chi connectivity index (χ4v) is 1.92. The second-order valence-electron chi connectivity index (χ2n) is 5.20. The summed E-state index contributed by atoms with van der Waals surface area (Å²) in [4.78, 5) is 12.8. The van der Waals surface area contributed by atoms with E-state index in [-0.39, 0.29) is 11.8 Å². The fourth-order valence-electron chi connectivity index (χ4n) is 1.92. The third kappa shape index (κ3) is 4.79. The van der Waals surface area contributed by atoms with Crippen LogP contribution in [0.4, 0.5) is 5.88 Å². The van der Waals surface area contributed by atoms with Gasteiger partial charge >= 0.3 is 5.97 Å². The molecule has 5 heteroatoms. The van der Waals surface area contributed by atoms with Crippen LogP contribution < -0.4 is 5.32 Å². The van der Waals surface area contributed by atoms with E-state index in [0.29, 0.717) is 11.8 Å². The molecule has 0 aromatic carbocycles. The molecule has 0 fully saturated rings. The van der Waals surface area contributed by atoms with Gasteiger partial charge < -0.3 is 19.7 Å². The fraction of sp³-hybridized carbons (Fsp3) is 0.615. The molecule has 1 atom stereocenters. The summed E-state index contributed by atoms with van der Waals surface area (Å²) >= 11 is 0. The van der Waals surface area contributed by atoms with Gasteiger partial charge in [0.25, 0.3) is 0 Å². The van der Waals surface area contributed by atoms with Gasteiger partial charge in [0, 0.05) is 18.7 Å². The van der Waals surface area contributed by atoms with Gasteiger partial charge in [0.2, 0.25) is 5.76 Å². The Morgan fingerprint density at radius 2 is 2.11 bits per heavy atom. The summed E-state index contributed by atoms with van der Waals surface area (Å²) in [5.41, 5.74) is 0. The van der Waals surface area contributed by atoms with Crippen molar-refractivity contribution < 1.29 is 14.3 Å². The van der Waals surface area contributed by atoms with Gasteiger partial charge in [-0.2, -0.15) is 0 Å². The monoisotopic (exact) mass is 254 g/mol. The SMILES string of the molecule is CC(C)CC(CN(C)C)Nc1ccc(C(=O)O)o1. The van der Waals surface area contributed by atoms with Crippen LogP contribution in [0.2, 0.25) is 0 Å². The van der Waals surface area contributed by atoms with Crippen LogP contribution in [0.5, 0.6) is 0 Å². The molecule has 5 nitrogen and oxygen atoms in total. The lowest BCUT2D eigenvalue weighted by atomic mass is 10.0. The molecule has 0 spiro atoms. The summed E-state index contributed by atoms with van der Waals surface area (Å²) in [6.07, 6.45) is 1.00. The van der Waals surface area contributed by atoms with Crippen LogP contribution in [0.1, 0.15) is 30.8 Å². The van der Waals surface area contributed by atoms with Gasteiger partial charge in [-0.1, -0.05) is 13.8 Å². The molecule has 0 saturated carbocycles. The van der Waals surface area contributed by atoms with Crippen LogP contribution in [0.25, 0.3) is 0 Å². The van der Waals surface area contributed by atoms with Crippen molar-refractivity contribution in [1.29, 1.82) is 0 Å². The van der Waals surface area contributed by atoms with Gasteiger partial charge in [-0.15, -0.1) is 0 Å². The lowest BCUT2D eigenvalue weighted by Gasteiger charge is -2.23. The first-order valence-corrected chi connectivity index (χ1v) is 6.13. The number of anilines is 1. The highest BCUT2D eigenvalue weighted by Crippen LogP contribution is 2.17. The Bertz CT molecular complexity index is 375. The summed E-state index contributed by atoms with van der Waals surface area (Å²) in [5, 5.41) is 12.0. The minimum atomic E-state index is -1.05. The normalized spacial score (nSPS) is 13.0. The number of hydrogen-bond donors (Lipinski definition) is 2. The second-order valence-corrected chi connectivity index (χ2v) is 5.20. The van der Waals surface area contributed by atoms with Crippen LogP contribution in [-0.4, -0.2) is 42.7 Å². The topological polar surface area (TPSA) is 65.7 Å². The van der Waals surface area contributed by atoms with Crippen LogP contribution in [0, 0.1) is 5.92 Å². The van der Waals surface area contributed by atoms with Crippen molar-refractivity contribution in [3.05, 3.63) is 17.9 Å². The maximum atomic E-state index is 10.7. The molecule has 0 aliphatic heterocycles. The molecule has 18 heavy (non-hydrogen) atoms. The maximum Gasteiger partial charge on any atom is 0.371 e. The molecule has 0 aliphatic rings. The Kier molecular flexibility index (Phi) is 5.22. The molecule has 0 saturated heterocycles. The van der Waals surface area contributed by atoms with Gasteiger partial charge in [-0.25, -0.2) is 4.79 Å². The lowest BCUT2D eigenvalue weighted by molar-refractivity contribution is 0.0663. The highest BCUT2D eigenvalue weighted by atomic mass is 16.4. The number of nitrogens with zero attached hydrogens (tertiary/aromatic N) is 1. The van der Waals surface area contributed by atoms with Crippen LogP contribution in [-0.2, 0) is 0 Å². The Morgan fingerprint density at radius 3 is 2.56 bits per heavy atom. The van der Waals surface area contributed by atoms with Crippen molar-refractivity contribution in [2.75, 3.05) is 26.0 Å². The van der Waals surface area contributed by atoms with Crippen LogP contribution >= 0.6 is 0 Å². The number of nitrogens with one attached hydrogen (secondary N) is 1. The summed E-state index contributed by atoms with van der Waals surface area (Å²) in [5.74, 6) is -0.00187. The molecule has 0 amide bonds. The number of carboxylic acid groups (broad SMARTS) is 1. The average molecular weight is 254 g/mol. The van der Waals surface area contributed by atoms with Crippen molar-refractivity contribution in [3.63, 3.8) is 0 Å². The minimum Gasteiger partial charge on any atom is -0.475 e. The predicted octanol–water partition coefficient (Wildman–Crippen LogP) is 2.37. The highest BCUT2D eigenvalue weighted by Gasteiger charge is 2.15. The predicted molar refractivity (Wildman–Crippen MR) is 71.1 cm³/mol. The third-order valence-corrected chi connectivity index (χ3v) is 2.50. The van der Waals surface area contributed by atoms with E-state index in [9.17, 15) is 4.79 Å². The van der Waals surface area contributed by atoms with Gasteiger partial charge in [0.05, 0.1) is 0 Å². The van der Waals surface area contributed by atoms with E-state index < -0.39 is 5.97 Å². The number of carbonyl (C=O) groups is 1. The van der Waals surface area contributed by atoms with Gasteiger partial charge in [-0.05, 0) is 32.5 Å². The first-order chi connectivity index (χ1) is 8.38. The minimum absolute atomic E-state index is 0.0364. The highest BCUT2D eigenvalue weighted by molar-refractivity contribution is 5.84. The van der Waals surface area contributed by atoms with Crippen molar-refractivity contribution in [2.24, 2.45) is 5.92 Å². The Hall–Kier alpha value is -1.49. The molecule has 0 bridgehead atoms. The number of rotatable bonds is 7. The van der Waals surface area contributed by atoms with E-state index in [0.717, 1.165) is 13.0 Å². The molecule has 1 aromatic heterocycles. The van der Waals surface area contributed by atoms with Crippen molar-refractivity contribution in [3.8, 4) is 0 Å². The van der Waals surface area contributed by atoms with E-state index in [2.05, 4.69) is 24.1 Å². The zero-order chi connectivity index (χ0) is 13.7. The standard InChI is InChI=1S/C13H22N2O3/c1-9(2)7-10(8-15(3)4)14-12-6-5-11(18-12)13(16)17/h5-6,9-10,14H,7-8H2,1-4H3,(H,16,17). The summed E-state index contributed by atoms with van der Waals surface area (Å²) in [6.45, 7) is 5.20. The average Bonchev–Trinajstić information content (AvgIpc) is 2.63. The van der Waals surface area contributed by atoms with E-state index in [1.807, 2.05) is 14.1 Å². The Labute approximate surface area is 108 Å². The molecule has 102 valence electrons. The molecule has 2 N–H and O–H groups in total.